The standard InChI is InChI=1S/C21H27N5O2/c1-3-23-21(26-15(2)17-7-5-4-6-8-17)25-13-16-9-11-18(12-10-16)20(28)24-14-19(22)27/h4-12,15H,3,13-14H2,1-2H3,(H2,22,27)(H,24,28)(H2,23,25,26). The lowest BCUT2D eigenvalue weighted by atomic mass is 10.1. The quantitative estimate of drug-likeness (QED) is 0.412. The molecule has 0 saturated carbocycles. The first-order valence-corrected chi connectivity index (χ1v) is 9.24. The first-order chi connectivity index (χ1) is 13.5. The molecule has 0 aliphatic carbocycles. The van der Waals surface area contributed by atoms with E-state index in [1.165, 1.54) is 5.56 Å². The van der Waals surface area contributed by atoms with E-state index in [-0.39, 0.29) is 18.5 Å². The fraction of sp³-hybridized carbons (Fsp3) is 0.286. The summed E-state index contributed by atoms with van der Waals surface area (Å²) in [5.74, 6) is -0.185. The molecule has 2 amide bonds. The Hall–Kier alpha value is -3.35. The van der Waals surface area contributed by atoms with Gasteiger partial charge in [0.1, 0.15) is 0 Å². The van der Waals surface area contributed by atoms with Crippen LogP contribution in [0.4, 0.5) is 0 Å². The second kappa shape index (κ2) is 10.7. The zero-order valence-electron chi connectivity index (χ0n) is 16.2. The Morgan fingerprint density at radius 2 is 1.71 bits per heavy atom. The average molecular weight is 381 g/mol. The summed E-state index contributed by atoms with van der Waals surface area (Å²) in [7, 11) is 0. The number of benzene rings is 2. The predicted octanol–water partition coefficient (Wildman–Crippen LogP) is 1.72. The monoisotopic (exact) mass is 381 g/mol. The van der Waals surface area contributed by atoms with Crippen LogP contribution >= 0.6 is 0 Å². The molecular weight excluding hydrogens is 354 g/mol. The highest BCUT2D eigenvalue weighted by atomic mass is 16.2. The van der Waals surface area contributed by atoms with E-state index in [0.717, 1.165) is 18.1 Å². The molecular formula is C21H27N5O2. The van der Waals surface area contributed by atoms with E-state index in [2.05, 4.69) is 40.0 Å². The molecule has 0 aliphatic rings. The van der Waals surface area contributed by atoms with Gasteiger partial charge >= 0.3 is 0 Å². The molecule has 148 valence electrons. The molecule has 2 rings (SSSR count). The minimum absolute atomic E-state index is 0.121. The summed E-state index contributed by atoms with van der Waals surface area (Å²) in [6, 6.07) is 17.4. The number of nitrogens with two attached hydrogens (primary N) is 1. The van der Waals surface area contributed by atoms with Crippen LogP contribution in [0.3, 0.4) is 0 Å². The van der Waals surface area contributed by atoms with Crippen LogP contribution in [0, 0.1) is 0 Å². The number of primary amides is 1. The second-order valence-corrected chi connectivity index (χ2v) is 6.32. The van der Waals surface area contributed by atoms with E-state index in [0.29, 0.717) is 12.1 Å². The number of carbonyl (C=O) groups is 2. The molecule has 2 aromatic rings. The zero-order chi connectivity index (χ0) is 20.4. The van der Waals surface area contributed by atoms with Gasteiger partial charge in [-0.25, -0.2) is 4.99 Å². The molecule has 0 saturated heterocycles. The molecule has 0 heterocycles. The van der Waals surface area contributed by atoms with Gasteiger partial charge in [-0.1, -0.05) is 42.5 Å². The number of rotatable bonds is 8. The highest BCUT2D eigenvalue weighted by molar-refractivity contribution is 5.96. The lowest BCUT2D eigenvalue weighted by Gasteiger charge is -2.18. The summed E-state index contributed by atoms with van der Waals surface area (Å²) in [5.41, 5.74) is 7.64. The smallest absolute Gasteiger partial charge is 0.251 e. The average Bonchev–Trinajstić information content (AvgIpc) is 2.71. The van der Waals surface area contributed by atoms with Crippen molar-refractivity contribution in [2.24, 2.45) is 10.7 Å². The van der Waals surface area contributed by atoms with Gasteiger partial charge in [0.15, 0.2) is 5.96 Å². The fourth-order valence-corrected chi connectivity index (χ4v) is 2.55. The van der Waals surface area contributed by atoms with Gasteiger partial charge in [-0.15, -0.1) is 0 Å². The van der Waals surface area contributed by atoms with Gasteiger partial charge in [0.25, 0.3) is 5.91 Å². The molecule has 0 aromatic heterocycles. The largest absolute Gasteiger partial charge is 0.368 e. The first kappa shape index (κ1) is 21.0. The molecule has 7 heteroatoms. The van der Waals surface area contributed by atoms with Crippen molar-refractivity contribution in [1.82, 2.24) is 16.0 Å². The number of nitrogens with one attached hydrogen (secondary N) is 3. The zero-order valence-corrected chi connectivity index (χ0v) is 16.2. The first-order valence-electron chi connectivity index (χ1n) is 9.24. The van der Waals surface area contributed by atoms with Gasteiger partial charge in [-0.05, 0) is 37.1 Å². The number of amides is 2. The number of hydrogen-bond acceptors (Lipinski definition) is 3. The summed E-state index contributed by atoms with van der Waals surface area (Å²) < 4.78 is 0. The molecule has 0 spiro atoms. The molecule has 0 aliphatic heterocycles. The third-order valence-electron chi connectivity index (χ3n) is 4.06. The Bertz CT molecular complexity index is 803. The van der Waals surface area contributed by atoms with Crippen molar-refractivity contribution in [2.45, 2.75) is 26.4 Å². The number of aliphatic imine (C=N–C) groups is 1. The molecule has 2 aromatic carbocycles. The Balaban J connectivity index is 1.98. The van der Waals surface area contributed by atoms with E-state index < -0.39 is 5.91 Å². The van der Waals surface area contributed by atoms with Crippen molar-refractivity contribution in [1.29, 1.82) is 0 Å². The normalized spacial score (nSPS) is 12.1. The minimum atomic E-state index is -0.576. The molecule has 28 heavy (non-hydrogen) atoms. The van der Waals surface area contributed by atoms with Crippen molar-refractivity contribution in [3.05, 3.63) is 71.3 Å². The molecule has 0 bridgehead atoms. The van der Waals surface area contributed by atoms with Crippen LogP contribution in [-0.4, -0.2) is 30.9 Å². The van der Waals surface area contributed by atoms with Crippen molar-refractivity contribution in [3.63, 3.8) is 0 Å². The molecule has 1 unspecified atom stereocenters. The number of hydrogen-bond donors (Lipinski definition) is 4. The Kier molecular flexibility index (Phi) is 8.02. The molecule has 7 nitrogen and oxygen atoms in total. The van der Waals surface area contributed by atoms with Gasteiger partial charge in [0.05, 0.1) is 19.1 Å². The van der Waals surface area contributed by atoms with E-state index >= 15 is 0 Å². The summed E-state index contributed by atoms with van der Waals surface area (Å²) in [6.45, 7) is 5.15. The Morgan fingerprint density at radius 3 is 2.32 bits per heavy atom. The SMILES string of the molecule is CCNC(=NCc1ccc(C(=O)NCC(N)=O)cc1)NC(C)c1ccccc1. The lowest BCUT2D eigenvalue weighted by molar-refractivity contribution is -0.117. The van der Waals surface area contributed by atoms with Gasteiger partial charge < -0.3 is 21.7 Å². The fourth-order valence-electron chi connectivity index (χ4n) is 2.55. The lowest BCUT2D eigenvalue weighted by Crippen LogP contribution is -2.38. The molecule has 0 fully saturated rings. The summed E-state index contributed by atoms with van der Waals surface area (Å²) >= 11 is 0. The highest BCUT2D eigenvalue weighted by Crippen LogP contribution is 2.11. The van der Waals surface area contributed by atoms with Gasteiger partial charge in [-0.2, -0.15) is 0 Å². The number of nitrogens with zero attached hydrogens (tertiary/aromatic N) is 1. The van der Waals surface area contributed by atoms with Crippen molar-refractivity contribution in [3.8, 4) is 0 Å². The van der Waals surface area contributed by atoms with Crippen LogP contribution < -0.4 is 21.7 Å². The Morgan fingerprint density at radius 1 is 1.04 bits per heavy atom. The van der Waals surface area contributed by atoms with Crippen LogP contribution in [0.1, 0.15) is 41.4 Å². The van der Waals surface area contributed by atoms with Crippen LogP contribution in [-0.2, 0) is 11.3 Å². The van der Waals surface area contributed by atoms with Gasteiger partial charge in [0, 0.05) is 12.1 Å². The van der Waals surface area contributed by atoms with Gasteiger partial charge in [-0.3, -0.25) is 9.59 Å². The van der Waals surface area contributed by atoms with Crippen LogP contribution in [0.15, 0.2) is 59.6 Å². The maximum absolute atomic E-state index is 11.9. The molecule has 1 atom stereocenters. The maximum Gasteiger partial charge on any atom is 0.251 e. The number of guanidine groups is 1. The van der Waals surface area contributed by atoms with Crippen molar-refractivity contribution in [2.75, 3.05) is 13.1 Å². The predicted molar refractivity (Wildman–Crippen MR) is 111 cm³/mol. The minimum Gasteiger partial charge on any atom is -0.368 e. The summed E-state index contributed by atoms with van der Waals surface area (Å²) in [5, 5.41) is 9.09. The van der Waals surface area contributed by atoms with E-state index in [9.17, 15) is 9.59 Å². The Labute approximate surface area is 165 Å². The van der Waals surface area contributed by atoms with Crippen molar-refractivity contribution < 1.29 is 9.59 Å². The third kappa shape index (κ3) is 6.75. The van der Waals surface area contributed by atoms with Gasteiger partial charge in [0.2, 0.25) is 5.91 Å². The number of carbonyl (C=O) groups excluding carboxylic acids is 2. The van der Waals surface area contributed by atoms with Crippen LogP contribution in [0.5, 0.6) is 0 Å². The van der Waals surface area contributed by atoms with E-state index in [1.807, 2.05) is 37.3 Å². The topological polar surface area (TPSA) is 109 Å². The third-order valence-corrected chi connectivity index (χ3v) is 4.06. The van der Waals surface area contributed by atoms with E-state index in [1.54, 1.807) is 12.1 Å². The highest BCUT2D eigenvalue weighted by Gasteiger charge is 2.08. The van der Waals surface area contributed by atoms with Crippen LogP contribution in [0.25, 0.3) is 0 Å². The van der Waals surface area contributed by atoms with E-state index in [4.69, 9.17) is 5.73 Å². The molecule has 5 N–H and O–H groups in total. The summed E-state index contributed by atoms with van der Waals surface area (Å²) in [4.78, 5) is 27.3. The van der Waals surface area contributed by atoms with Crippen molar-refractivity contribution >= 4 is 17.8 Å². The summed E-state index contributed by atoms with van der Waals surface area (Å²) in [6.07, 6.45) is 0. The van der Waals surface area contributed by atoms with Crippen LogP contribution in [0.2, 0.25) is 0 Å². The maximum atomic E-state index is 11.9. The molecule has 0 radical (unpaired) electrons. The second-order valence-electron chi connectivity index (χ2n) is 6.32.